The molecule has 0 N–H and O–H groups in total. The van der Waals surface area contributed by atoms with Crippen LogP contribution in [-0.2, 0) is 4.79 Å². The molecule has 0 amide bonds. The molecule has 1 aromatic rings. The van der Waals surface area contributed by atoms with Crippen LogP contribution in [0.25, 0.3) is 0 Å². The maximum absolute atomic E-state index is 11.6. The Bertz CT molecular complexity index is 373. The molecule has 1 saturated carbocycles. The van der Waals surface area contributed by atoms with E-state index in [9.17, 15) is 4.79 Å². The average Bonchev–Trinajstić information content (AvgIpc) is 2.33. The van der Waals surface area contributed by atoms with Crippen LogP contribution in [-0.4, -0.2) is 19.0 Å². The summed E-state index contributed by atoms with van der Waals surface area (Å²) in [6.07, 6.45) is 3.22. The molecule has 3 nitrogen and oxygen atoms in total. The summed E-state index contributed by atoms with van der Waals surface area (Å²) in [5.74, 6) is 1.54. The van der Waals surface area contributed by atoms with E-state index in [0.29, 0.717) is 17.9 Å². The third-order valence-corrected chi connectivity index (χ3v) is 2.84. The lowest BCUT2D eigenvalue weighted by Gasteiger charge is -2.22. The fourth-order valence-electron chi connectivity index (χ4n) is 1.95. The zero-order valence-corrected chi connectivity index (χ0v) is 9.44. The van der Waals surface area contributed by atoms with Crippen LogP contribution in [0.15, 0.2) is 24.3 Å². The van der Waals surface area contributed by atoms with E-state index in [1.165, 1.54) is 0 Å². The van der Waals surface area contributed by atoms with Crippen LogP contribution in [0.5, 0.6) is 11.5 Å². The molecule has 1 atom stereocenters. The van der Waals surface area contributed by atoms with Crippen LogP contribution in [0.2, 0.25) is 0 Å². The van der Waals surface area contributed by atoms with Crippen LogP contribution >= 0.6 is 0 Å². The Kier molecular flexibility index (Phi) is 3.44. The Balaban J connectivity index is 2.10. The Morgan fingerprint density at radius 1 is 1.19 bits per heavy atom. The number of hydrogen-bond donors (Lipinski definition) is 0. The van der Waals surface area contributed by atoms with Crippen LogP contribution in [0.4, 0.5) is 0 Å². The summed E-state index contributed by atoms with van der Waals surface area (Å²) in [4.78, 5) is 11.6. The third kappa shape index (κ3) is 2.35. The number of rotatable bonds is 3. The minimum atomic E-state index is -0.287. The Hall–Kier alpha value is -1.51. The van der Waals surface area contributed by atoms with E-state index < -0.39 is 0 Å². The highest BCUT2D eigenvalue weighted by molar-refractivity contribution is 5.84. The molecule has 0 unspecified atom stereocenters. The zero-order valence-electron chi connectivity index (χ0n) is 9.44. The molecule has 1 fully saturated rings. The molecule has 0 radical (unpaired) electrons. The van der Waals surface area contributed by atoms with Gasteiger partial charge in [0.25, 0.3) is 0 Å². The van der Waals surface area contributed by atoms with E-state index in [0.717, 1.165) is 19.3 Å². The molecule has 0 saturated heterocycles. The number of para-hydroxylation sites is 2. The fraction of sp³-hybridized carbons (Fsp3) is 0.462. The van der Waals surface area contributed by atoms with E-state index in [1.54, 1.807) is 7.11 Å². The van der Waals surface area contributed by atoms with Crippen molar-refractivity contribution in [2.45, 2.75) is 31.8 Å². The Morgan fingerprint density at radius 2 is 1.94 bits per heavy atom. The van der Waals surface area contributed by atoms with E-state index in [2.05, 4.69) is 0 Å². The number of benzene rings is 1. The van der Waals surface area contributed by atoms with Crippen LogP contribution in [0, 0.1) is 0 Å². The largest absolute Gasteiger partial charge is 0.493 e. The monoisotopic (exact) mass is 220 g/mol. The van der Waals surface area contributed by atoms with Crippen LogP contribution in [0.1, 0.15) is 25.7 Å². The zero-order chi connectivity index (χ0) is 11.4. The predicted molar refractivity (Wildman–Crippen MR) is 60.9 cm³/mol. The summed E-state index contributed by atoms with van der Waals surface area (Å²) in [6, 6.07) is 7.43. The van der Waals surface area contributed by atoms with E-state index in [1.807, 2.05) is 24.3 Å². The molecule has 86 valence electrons. The number of ketones is 1. The van der Waals surface area contributed by atoms with Crippen molar-refractivity contribution in [2.75, 3.05) is 7.11 Å². The minimum absolute atomic E-state index is 0.206. The molecule has 2 rings (SSSR count). The molecule has 1 aromatic carbocycles. The average molecular weight is 220 g/mol. The SMILES string of the molecule is COc1ccccc1O[C@@H]1CCCCC1=O. The van der Waals surface area contributed by atoms with Gasteiger partial charge in [-0.25, -0.2) is 0 Å². The number of Topliss-reactive ketones (excluding diaryl/α,β-unsaturated/α-hetero) is 1. The molecule has 1 aliphatic rings. The molecule has 0 aliphatic heterocycles. The molecule has 16 heavy (non-hydrogen) atoms. The standard InChI is InChI=1S/C13H16O3/c1-15-12-8-4-5-9-13(12)16-11-7-3-2-6-10(11)14/h4-5,8-9,11H,2-3,6-7H2,1H3/t11-/m1/s1. The van der Waals surface area contributed by atoms with Gasteiger partial charge in [0.05, 0.1) is 7.11 Å². The van der Waals surface area contributed by atoms with Gasteiger partial charge in [0.15, 0.2) is 23.4 Å². The first-order valence-corrected chi connectivity index (χ1v) is 5.63. The first-order chi connectivity index (χ1) is 7.81. The molecule has 3 heteroatoms. The number of hydrogen-bond acceptors (Lipinski definition) is 3. The van der Waals surface area contributed by atoms with E-state index in [4.69, 9.17) is 9.47 Å². The summed E-state index contributed by atoms with van der Waals surface area (Å²) in [7, 11) is 1.60. The van der Waals surface area contributed by atoms with Gasteiger partial charge >= 0.3 is 0 Å². The van der Waals surface area contributed by atoms with Crippen molar-refractivity contribution in [2.24, 2.45) is 0 Å². The third-order valence-electron chi connectivity index (χ3n) is 2.84. The van der Waals surface area contributed by atoms with Gasteiger partial charge in [0.1, 0.15) is 0 Å². The van der Waals surface area contributed by atoms with Gasteiger partial charge in [-0.1, -0.05) is 12.1 Å². The predicted octanol–water partition coefficient (Wildman–Crippen LogP) is 2.59. The van der Waals surface area contributed by atoms with Crippen molar-refractivity contribution in [3.63, 3.8) is 0 Å². The topological polar surface area (TPSA) is 35.5 Å². The maximum Gasteiger partial charge on any atom is 0.173 e. The van der Waals surface area contributed by atoms with Gasteiger partial charge in [-0.05, 0) is 31.4 Å². The summed E-state index contributed by atoms with van der Waals surface area (Å²) >= 11 is 0. The minimum Gasteiger partial charge on any atom is -0.493 e. The van der Waals surface area contributed by atoms with Crippen molar-refractivity contribution >= 4 is 5.78 Å². The second-order valence-electron chi connectivity index (χ2n) is 3.97. The second-order valence-corrected chi connectivity index (χ2v) is 3.97. The lowest BCUT2D eigenvalue weighted by Crippen LogP contribution is -2.30. The van der Waals surface area contributed by atoms with Gasteiger partial charge in [-0.15, -0.1) is 0 Å². The summed E-state index contributed by atoms with van der Waals surface area (Å²) in [6.45, 7) is 0. The lowest BCUT2D eigenvalue weighted by atomic mass is 9.96. The van der Waals surface area contributed by atoms with Gasteiger partial charge in [-0.3, -0.25) is 4.79 Å². The summed E-state index contributed by atoms with van der Waals surface area (Å²) in [5.41, 5.74) is 0. The Morgan fingerprint density at radius 3 is 2.62 bits per heavy atom. The molecule has 0 spiro atoms. The lowest BCUT2D eigenvalue weighted by molar-refractivity contribution is -0.127. The quantitative estimate of drug-likeness (QED) is 0.785. The molecular formula is C13H16O3. The summed E-state index contributed by atoms with van der Waals surface area (Å²) in [5, 5.41) is 0. The number of carbonyl (C=O) groups is 1. The maximum atomic E-state index is 11.6. The van der Waals surface area contributed by atoms with Crippen molar-refractivity contribution < 1.29 is 14.3 Å². The van der Waals surface area contributed by atoms with Crippen molar-refractivity contribution in [3.8, 4) is 11.5 Å². The smallest absolute Gasteiger partial charge is 0.173 e. The molecular weight excluding hydrogens is 204 g/mol. The van der Waals surface area contributed by atoms with Crippen LogP contribution in [0.3, 0.4) is 0 Å². The van der Waals surface area contributed by atoms with E-state index in [-0.39, 0.29) is 11.9 Å². The highest BCUT2D eigenvalue weighted by Gasteiger charge is 2.24. The van der Waals surface area contributed by atoms with Crippen molar-refractivity contribution in [3.05, 3.63) is 24.3 Å². The molecule has 0 bridgehead atoms. The fourth-order valence-corrected chi connectivity index (χ4v) is 1.95. The van der Waals surface area contributed by atoms with Gasteiger partial charge in [0.2, 0.25) is 0 Å². The Labute approximate surface area is 95.4 Å². The van der Waals surface area contributed by atoms with Crippen molar-refractivity contribution in [1.29, 1.82) is 0 Å². The molecule has 0 heterocycles. The van der Waals surface area contributed by atoms with Gasteiger partial charge < -0.3 is 9.47 Å². The van der Waals surface area contributed by atoms with Crippen LogP contribution < -0.4 is 9.47 Å². The highest BCUT2D eigenvalue weighted by atomic mass is 16.5. The van der Waals surface area contributed by atoms with Crippen molar-refractivity contribution in [1.82, 2.24) is 0 Å². The highest BCUT2D eigenvalue weighted by Crippen LogP contribution is 2.29. The number of ether oxygens (including phenoxy) is 2. The number of methoxy groups -OCH3 is 1. The molecule has 1 aliphatic carbocycles. The molecule has 0 aromatic heterocycles. The van der Waals surface area contributed by atoms with Gasteiger partial charge in [0, 0.05) is 6.42 Å². The summed E-state index contributed by atoms with van der Waals surface area (Å²) < 4.78 is 10.9. The normalized spacial score (nSPS) is 20.6. The van der Waals surface area contributed by atoms with E-state index >= 15 is 0 Å². The first-order valence-electron chi connectivity index (χ1n) is 5.63. The second kappa shape index (κ2) is 5.01. The number of carbonyl (C=O) groups excluding carboxylic acids is 1. The first kappa shape index (κ1) is 11.0. The van der Waals surface area contributed by atoms with Gasteiger partial charge in [-0.2, -0.15) is 0 Å².